The smallest absolute Gasteiger partial charge is 0.249 e. The molecule has 1 atom stereocenters. The van der Waals surface area contributed by atoms with E-state index in [1.165, 1.54) is 12.8 Å². The zero-order valence-electron chi connectivity index (χ0n) is 9.62. The zero-order chi connectivity index (χ0) is 12.3. The Kier molecular flexibility index (Phi) is 3.73. The van der Waals surface area contributed by atoms with E-state index in [0.29, 0.717) is 6.42 Å². The summed E-state index contributed by atoms with van der Waals surface area (Å²) in [5, 5.41) is 7.87. The van der Waals surface area contributed by atoms with E-state index in [1.54, 1.807) is 0 Å². The number of amides is 3. The Labute approximate surface area is 99.5 Å². The van der Waals surface area contributed by atoms with Crippen LogP contribution in [0.3, 0.4) is 0 Å². The van der Waals surface area contributed by atoms with Crippen LogP contribution in [-0.4, -0.2) is 36.9 Å². The van der Waals surface area contributed by atoms with Crippen molar-refractivity contribution in [2.75, 3.05) is 13.1 Å². The molecule has 0 spiro atoms. The molecule has 3 amide bonds. The predicted molar refractivity (Wildman–Crippen MR) is 59.9 cm³/mol. The maximum atomic E-state index is 11.5. The highest BCUT2D eigenvalue weighted by molar-refractivity contribution is 6.01. The molecule has 2 rings (SSSR count). The van der Waals surface area contributed by atoms with Crippen molar-refractivity contribution in [1.29, 1.82) is 0 Å². The fourth-order valence-corrected chi connectivity index (χ4v) is 1.79. The summed E-state index contributed by atoms with van der Waals surface area (Å²) in [5.74, 6) is -0.150. The molecule has 17 heavy (non-hydrogen) atoms. The average Bonchev–Trinajstić information content (AvgIpc) is 3.06. The van der Waals surface area contributed by atoms with Gasteiger partial charge in [0.1, 0.15) is 6.04 Å². The first kappa shape index (κ1) is 12.0. The van der Waals surface area contributed by atoms with Crippen LogP contribution in [0, 0.1) is 5.92 Å². The van der Waals surface area contributed by atoms with Gasteiger partial charge in [0.2, 0.25) is 17.7 Å². The number of nitrogens with one attached hydrogen (secondary N) is 3. The Balaban J connectivity index is 1.66. The lowest BCUT2D eigenvalue weighted by molar-refractivity contribution is -0.137. The summed E-state index contributed by atoms with van der Waals surface area (Å²) in [6.45, 7) is 1.09. The molecule has 0 bridgehead atoms. The van der Waals surface area contributed by atoms with E-state index in [0.717, 1.165) is 12.5 Å². The third-order valence-electron chi connectivity index (χ3n) is 2.99. The highest BCUT2D eigenvalue weighted by atomic mass is 16.2. The first-order valence-corrected chi connectivity index (χ1v) is 5.99. The summed E-state index contributed by atoms with van der Waals surface area (Å²) in [6.07, 6.45) is 3.15. The highest BCUT2D eigenvalue weighted by Gasteiger charge is 2.27. The molecule has 1 saturated heterocycles. The highest BCUT2D eigenvalue weighted by Crippen LogP contribution is 2.27. The SMILES string of the molecule is O=C1CCC(NC(=O)CNCC2CC2)C(=O)N1. The maximum Gasteiger partial charge on any atom is 0.249 e. The molecule has 6 heteroatoms. The Morgan fingerprint density at radius 2 is 2.06 bits per heavy atom. The lowest BCUT2D eigenvalue weighted by Crippen LogP contribution is -2.53. The molecule has 2 fully saturated rings. The molecule has 1 heterocycles. The monoisotopic (exact) mass is 239 g/mol. The van der Waals surface area contributed by atoms with Gasteiger partial charge in [-0.15, -0.1) is 0 Å². The fraction of sp³-hybridized carbons (Fsp3) is 0.727. The van der Waals surface area contributed by atoms with Gasteiger partial charge in [0.25, 0.3) is 0 Å². The molecule has 0 radical (unpaired) electrons. The fourth-order valence-electron chi connectivity index (χ4n) is 1.79. The second kappa shape index (κ2) is 5.27. The third-order valence-corrected chi connectivity index (χ3v) is 2.99. The molecule has 6 nitrogen and oxygen atoms in total. The Morgan fingerprint density at radius 1 is 1.29 bits per heavy atom. The van der Waals surface area contributed by atoms with Crippen LogP contribution >= 0.6 is 0 Å². The van der Waals surface area contributed by atoms with Crippen molar-refractivity contribution in [3.8, 4) is 0 Å². The largest absolute Gasteiger partial charge is 0.343 e. The number of carbonyl (C=O) groups is 3. The van der Waals surface area contributed by atoms with E-state index in [-0.39, 0.29) is 24.8 Å². The van der Waals surface area contributed by atoms with Gasteiger partial charge in [-0.3, -0.25) is 19.7 Å². The second-order valence-corrected chi connectivity index (χ2v) is 4.65. The summed E-state index contributed by atoms with van der Waals surface area (Å²) in [4.78, 5) is 33.8. The van der Waals surface area contributed by atoms with Gasteiger partial charge in [-0.2, -0.15) is 0 Å². The zero-order valence-corrected chi connectivity index (χ0v) is 9.62. The van der Waals surface area contributed by atoms with E-state index in [4.69, 9.17) is 0 Å². The molecular formula is C11H17N3O3. The number of hydrogen-bond acceptors (Lipinski definition) is 4. The van der Waals surface area contributed by atoms with Gasteiger partial charge in [0, 0.05) is 6.42 Å². The molecular weight excluding hydrogens is 222 g/mol. The predicted octanol–water partition coefficient (Wildman–Crippen LogP) is -1.09. The molecule has 1 aliphatic carbocycles. The minimum absolute atomic E-state index is 0.194. The molecule has 1 unspecified atom stereocenters. The Morgan fingerprint density at radius 3 is 2.71 bits per heavy atom. The molecule has 0 aromatic heterocycles. The van der Waals surface area contributed by atoms with Crippen LogP contribution < -0.4 is 16.0 Å². The van der Waals surface area contributed by atoms with Crippen LogP contribution in [-0.2, 0) is 14.4 Å². The van der Waals surface area contributed by atoms with Gasteiger partial charge >= 0.3 is 0 Å². The van der Waals surface area contributed by atoms with E-state index in [1.807, 2.05) is 0 Å². The topological polar surface area (TPSA) is 87.3 Å². The average molecular weight is 239 g/mol. The molecule has 2 aliphatic rings. The maximum absolute atomic E-state index is 11.5. The lowest BCUT2D eigenvalue weighted by Gasteiger charge is -2.21. The van der Waals surface area contributed by atoms with Crippen LogP contribution in [0.15, 0.2) is 0 Å². The summed E-state index contributed by atoms with van der Waals surface area (Å²) in [5.41, 5.74) is 0. The molecule has 1 saturated carbocycles. The van der Waals surface area contributed by atoms with Crippen molar-refractivity contribution in [2.24, 2.45) is 5.92 Å². The summed E-state index contributed by atoms with van der Waals surface area (Å²) in [7, 11) is 0. The number of hydrogen-bond donors (Lipinski definition) is 3. The second-order valence-electron chi connectivity index (χ2n) is 4.65. The molecule has 0 aromatic rings. The van der Waals surface area contributed by atoms with Crippen molar-refractivity contribution < 1.29 is 14.4 Å². The molecule has 94 valence electrons. The van der Waals surface area contributed by atoms with Crippen molar-refractivity contribution in [3.05, 3.63) is 0 Å². The van der Waals surface area contributed by atoms with Gasteiger partial charge in [0.15, 0.2) is 0 Å². The summed E-state index contributed by atoms with van der Waals surface area (Å²) >= 11 is 0. The Bertz CT molecular complexity index is 339. The standard InChI is InChI=1S/C11H17N3O3/c15-9-4-3-8(11(17)14-9)13-10(16)6-12-5-7-1-2-7/h7-8,12H,1-6H2,(H,13,16)(H,14,15,17). The van der Waals surface area contributed by atoms with Gasteiger partial charge in [-0.05, 0) is 31.7 Å². The number of imide groups is 1. The van der Waals surface area contributed by atoms with Crippen molar-refractivity contribution in [1.82, 2.24) is 16.0 Å². The minimum atomic E-state index is -0.567. The minimum Gasteiger partial charge on any atom is -0.343 e. The quantitative estimate of drug-likeness (QED) is 0.532. The molecule has 0 aromatic carbocycles. The van der Waals surface area contributed by atoms with Crippen LogP contribution in [0.5, 0.6) is 0 Å². The van der Waals surface area contributed by atoms with Crippen LogP contribution in [0.2, 0.25) is 0 Å². The number of rotatable bonds is 5. The summed E-state index contributed by atoms with van der Waals surface area (Å²) in [6, 6.07) is -0.567. The van der Waals surface area contributed by atoms with Gasteiger partial charge < -0.3 is 10.6 Å². The molecule has 3 N–H and O–H groups in total. The van der Waals surface area contributed by atoms with Crippen LogP contribution in [0.4, 0.5) is 0 Å². The normalized spacial score (nSPS) is 24.4. The van der Waals surface area contributed by atoms with Crippen LogP contribution in [0.1, 0.15) is 25.7 Å². The molecule has 1 aliphatic heterocycles. The van der Waals surface area contributed by atoms with Crippen LogP contribution in [0.25, 0.3) is 0 Å². The van der Waals surface area contributed by atoms with Crippen molar-refractivity contribution in [3.63, 3.8) is 0 Å². The van der Waals surface area contributed by atoms with Gasteiger partial charge in [-0.1, -0.05) is 0 Å². The first-order chi connectivity index (χ1) is 8.15. The lowest BCUT2D eigenvalue weighted by atomic mass is 10.1. The van der Waals surface area contributed by atoms with Crippen molar-refractivity contribution in [2.45, 2.75) is 31.7 Å². The van der Waals surface area contributed by atoms with Crippen molar-refractivity contribution >= 4 is 17.7 Å². The number of piperidine rings is 1. The van der Waals surface area contributed by atoms with E-state index in [2.05, 4.69) is 16.0 Å². The van der Waals surface area contributed by atoms with E-state index in [9.17, 15) is 14.4 Å². The Hall–Kier alpha value is -1.43. The summed E-state index contributed by atoms with van der Waals surface area (Å²) < 4.78 is 0. The van der Waals surface area contributed by atoms with E-state index < -0.39 is 11.9 Å². The van der Waals surface area contributed by atoms with Gasteiger partial charge in [0.05, 0.1) is 6.54 Å². The van der Waals surface area contributed by atoms with E-state index >= 15 is 0 Å². The first-order valence-electron chi connectivity index (χ1n) is 5.99. The number of carbonyl (C=O) groups excluding carboxylic acids is 3. The van der Waals surface area contributed by atoms with Gasteiger partial charge in [-0.25, -0.2) is 0 Å². The third kappa shape index (κ3) is 3.81.